The molecule has 0 aromatic heterocycles. The predicted octanol–water partition coefficient (Wildman–Crippen LogP) is -0.279. The molecule has 0 spiro atoms. The van der Waals surface area contributed by atoms with Gasteiger partial charge in [-0.2, -0.15) is 0 Å². The highest BCUT2D eigenvalue weighted by Crippen LogP contribution is 2.15. The standard InChI is InChI=1S/C10H20N2O4S/c1-8(10(13)14)17(15,16)12(2)7-9-4-3-5-11-6-9/h8-9,11H,3-7H2,1-2H3,(H,13,14). The third kappa shape index (κ3) is 3.65. The molecular weight excluding hydrogens is 244 g/mol. The van der Waals surface area contributed by atoms with Crippen molar-refractivity contribution in [2.75, 3.05) is 26.7 Å². The summed E-state index contributed by atoms with van der Waals surface area (Å²) < 4.78 is 24.9. The molecule has 17 heavy (non-hydrogen) atoms. The van der Waals surface area contributed by atoms with Gasteiger partial charge in [-0.1, -0.05) is 0 Å². The second kappa shape index (κ2) is 5.79. The van der Waals surface area contributed by atoms with E-state index in [0.29, 0.717) is 6.54 Å². The van der Waals surface area contributed by atoms with E-state index in [-0.39, 0.29) is 5.92 Å². The molecule has 1 fully saturated rings. The molecule has 0 aliphatic carbocycles. The quantitative estimate of drug-likeness (QED) is 0.713. The Morgan fingerprint density at radius 3 is 2.71 bits per heavy atom. The van der Waals surface area contributed by atoms with Gasteiger partial charge in [0.25, 0.3) is 0 Å². The molecule has 0 radical (unpaired) electrons. The molecule has 0 saturated carbocycles. The number of nitrogens with one attached hydrogen (secondary N) is 1. The van der Waals surface area contributed by atoms with Gasteiger partial charge in [-0.3, -0.25) is 4.79 Å². The number of carboxylic acid groups (broad SMARTS) is 1. The van der Waals surface area contributed by atoms with E-state index in [2.05, 4.69) is 5.32 Å². The van der Waals surface area contributed by atoms with Crippen molar-refractivity contribution in [1.29, 1.82) is 0 Å². The van der Waals surface area contributed by atoms with Crippen LogP contribution in [0.4, 0.5) is 0 Å². The third-order valence-electron chi connectivity index (χ3n) is 3.14. The largest absolute Gasteiger partial charge is 0.480 e. The minimum atomic E-state index is -3.73. The van der Waals surface area contributed by atoms with Crippen LogP contribution in [0.15, 0.2) is 0 Å². The van der Waals surface area contributed by atoms with Crippen LogP contribution in [0.5, 0.6) is 0 Å². The van der Waals surface area contributed by atoms with Crippen LogP contribution in [0, 0.1) is 5.92 Å². The Labute approximate surface area is 102 Å². The predicted molar refractivity (Wildman–Crippen MR) is 64.2 cm³/mol. The molecule has 1 aliphatic heterocycles. The van der Waals surface area contributed by atoms with E-state index in [1.165, 1.54) is 18.3 Å². The van der Waals surface area contributed by atoms with Gasteiger partial charge in [0.1, 0.15) is 0 Å². The third-order valence-corrected chi connectivity index (χ3v) is 5.26. The van der Waals surface area contributed by atoms with Crippen LogP contribution in [0.1, 0.15) is 19.8 Å². The first-order valence-electron chi connectivity index (χ1n) is 5.74. The van der Waals surface area contributed by atoms with Gasteiger partial charge >= 0.3 is 5.97 Å². The first kappa shape index (κ1) is 14.4. The summed E-state index contributed by atoms with van der Waals surface area (Å²) in [6.45, 7) is 3.35. The zero-order valence-corrected chi connectivity index (χ0v) is 11.0. The SMILES string of the molecule is CC(C(=O)O)S(=O)(=O)N(C)CC1CCCNC1. The minimum absolute atomic E-state index is 0.268. The van der Waals surface area contributed by atoms with Gasteiger partial charge in [-0.05, 0) is 38.8 Å². The van der Waals surface area contributed by atoms with E-state index < -0.39 is 21.2 Å². The molecular formula is C10H20N2O4S. The summed E-state index contributed by atoms with van der Waals surface area (Å²) in [5, 5.41) is 10.6. The zero-order valence-electron chi connectivity index (χ0n) is 10.2. The van der Waals surface area contributed by atoms with Crippen molar-refractivity contribution >= 4 is 16.0 Å². The van der Waals surface area contributed by atoms with E-state index >= 15 is 0 Å². The summed E-state index contributed by atoms with van der Waals surface area (Å²) in [6, 6.07) is 0. The summed E-state index contributed by atoms with van der Waals surface area (Å²) in [6.07, 6.45) is 2.02. The topological polar surface area (TPSA) is 86.7 Å². The van der Waals surface area contributed by atoms with E-state index in [9.17, 15) is 13.2 Å². The van der Waals surface area contributed by atoms with Crippen LogP contribution in [0.2, 0.25) is 0 Å². The van der Waals surface area contributed by atoms with Crippen LogP contribution in [0.3, 0.4) is 0 Å². The van der Waals surface area contributed by atoms with Gasteiger partial charge in [0.05, 0.1) is 0 Å². The number of sulfonamides is 1. The molecule has 1 saturated heterocycles. The Kier molecular flexibility index (Phi) is 4.91. The summed E-state index contributed by atoms with van der Waals surface area (Å²) in [7, 11) is -2.28. The van der Waals surface area contributed by atoms with E-state index in [0.717, 1.165) is 25.9 Å². The molecule has 100 valence electrons. The normalized spacial score (nSPS) is 23.6. The molecule has 0 aromatic rings. The van der Waals surface area contributed by atoms with Crippen molar-refractivity contribution in [3.8, 4) is 0 Å². The highest BCUT2D eigenvalue weighted by molar-refractivity contribution is 7.90. The Morgan fingerprint density at radius 2 is 2.24 bits per heavy atom. The summed E-state index contributed by atoms with van der Waals surface area (Å²) in [5.74, 6) is -1.04. The Hall–Kier alpha value is -0.660. The molecule has 2 unspecified atom stereocenters. The van der Waals surface area contributed by atoms with Crippen LogP contribution < -0.4 is 5.32 Å². The van der Waals surface area contributed by atoms with Gasteiger partial charge in [0.2, 0.25) is 10.0 Å². The molecule has 0 amide bonds. The number of carbonyl (C=O) groups is 1. The van der Waals surface area contributed by atoms with Gasteiger partial charge < -0.3 is 10.4 Å². The first-order valence-corrected chi connectivity index (χ1v) is 7.24. The Bertz CT molecular complexity index is 363. The lowest BCUT2D eigenvalue weighted by molar-refractivity contribution is -0.136. The molecule has 6 nitrogen and oxygen atoms in total. The number of piperidine rings is 1. The molecule has 1 rings (SSSR count). The fourth-order valence-corrected chi connectivity index (χ4v) is 3.16. The second-order valence-corrected chi connectivity index (χ2v) is 6.88. The number of nitrogens with zero attached hydrogens (tertiary/aromatic N) is 1. The molecule has 1 heterocycles. The number of aliphatic carboxylic acids is 1. The number of rotatable bonds is 5. The second-order valence-electron chi connectivity index (χ2n) is 4.52. The highest BCUT2D eigenvalue weighted by atomic mass is 32.2. The van der Waals surface area contributed by atoms with Crippen molar-refractivity contribution < 1.29 is 18.3 Å². The van der Waals surface area contributed by atoms with Gasteiger partial charge in [-0.15, -0.1) is 0 Å². The van der Waals surface area contributed by atoms with Crippen LogP contribution in [-0.4, -0.2) is 55.7 Å². The van der Waals surface area contributed by atoms with Gasteiger partial charge in [0, 0.05) is 13.6 Å². The summed E-state index contributed by atoms with van der Waals surface area (Å²) in [5.41, 5.74) is 0. The van der Waals surface area contributed by atoms with Crippen molar-refractivity contribution in [2.24, 2.45) is 5.92 Å². The van der Waals surface area contributed by atoms with Crippen LogP contribution in [-0.2, 0) is 14.8 Å². The van der Waals surface area contributed by atoms with Crippen LogP contribution in [0.25, 0.3) is 0 Å². The lowest BCUT2D eigenvalue weighted by Gasteiger charge is -2.28. The van der Waals surface area contributed by atoms with E-state index in [1.807, 2.05) is 0 Å². The number of hydrogen-bond donors (Lipinski definition) is 2. The number of carboxylic acids is 1. The molecule has 2 atom stereocenters. The van der Waals surface area contributed by atoms with E-state index in [4.69, 9.17) is 5.11 Å². The Balaban J connectivity index is 2.62. The fourth-order valence-electron chi connectivity index (χ4n) is 1.94. The van der Waals surface area contributed by atoms with Crippen LogP contribution >= 0.6 is 0 Å². The van der Waals surface area contributed by atoms with Crippen molar-refractivity contribution in [3.05, 3.63) is 0 Å². The molecule has 0 aromatic carbocycles. The maximum absolute atomic E-state index is 11.9. The average Bonchev–Trinajstić information content (AvgIpc) is 2.29. The number of hydrogen-bond acceptors (Lipinski definition) is 4. The summed E-state index contributed by atoms with van der Waals surface area (Å²) >= 11 is 0. The molecule has 1 aliphatic rings. The highest BCUT2D eigenvalue weighted by Gasteiger charge is 2.32. The van der Waals surface area contributed by atoms with Gasteiger partial charge in [-0.25, -0.2) is 12.7 Å². The Morgan fingerprint density at radius 1 is 1.59 bits per heavy atom. The lowest BCUT2D eigenvalue weighted by atomic mass is 10.00. The van der Waals surface area contributed by atoms with Gasteiger partial charge in [0.15, 0.2) is 5.25 Å². The molecule has 7 heteroatoms. The monoisotopic (exact) mass is 264 g/mol. The fraction of sp³-hybridized carbons (Fsp3) is 0.900. The van der Waals surface area contributed by atoms with E-state index in [1.54, 1.807) is 0 Å². The molecule has 2 N–H and O–H groups in total. The first-order chi connectivity index (χ1) is 7.85. The smallest absolute Gasteiger partial charge is 0.323 e. The maximum atomic E-state index is 11.9. The van der Waals surface area contributed by atoms with Crippen molar-refractivity contribution in [2.45, 2.75) is 25.0 Å². The average molecular weight is 264 g/mol. The van der Waals surface area contributed by atoms with Crippen molar-refractivity contribution in [3.63, 3.8) is 0 Å². The molecule has 0 bridgehead atoms. The zero-order chi connectivity index (χ0) is 13.1. The van der Waals surface area contributed by atoms with Crippen molar-refractivity contribution in [1.82, 2.24) is 9.62 Å². The maximum Gasteiger partial charge on any atom is 0.323 e. The lowest BCUT2D eigenvalue weighted by Crippen LogP contribution is -2.43. The minimum Gasteiger partial charge on any atom is -0.480 e. The summed E-state index contributed by atoms with van der Waals surface area (Å²) in [4.78, 5) is 10.7.